The van der Waals surface area contributed by atoms with E-state index in [0.717, 1.165) is 18.9 Å². The lowest BCUT2D eigenvalue weighted by molar-refractivity contribution is -0.143. The van der Waals surface area contributed by atoms with E-state index >= 15 is 0 Å². The number of nitrogens with zero attached hydrogens (tertiary/aromatic N) is 5. The van der Waals surface area contributed by atoms with Crippen molar-refractivity contribution in [2.75, 3.05) is 26.7 Å². The molecule has 2 aliphatic heterocycles. The van der Waals surface area contributed by atoms with Crippen molar-refractivity contribution in [1.29, 1.82) is 0 Å². The van der Waals surface area contributed by atoms with E-state index in [0.29, 0.717) is 45.7 Å². The summed E-state index contributed by atoms with van der Waals surface area (Å²) in [7, 11) is 1.87. The van der Waals surface area contributed by atoms with Crippen LogP contribution in [0.1, 0.15) is 35.1 Å². The van der Waals surface area contributed by atoms with Gasteiger partial charge >= 0.3 is 12.4 Å². The molecule has 3 heterocycles. The molecule has 0 unspecified atom stereocenters. The fourth-order valence-electron chi connectivity index (χ4n) is 5.18. The minimum Gasteiger partial charge on any atom is -0.369 e. The number of amides is 2. The first-order valence-corrected chi connectivity index (χ1v) is 14.0. The van der Waals surface area contributed by atoms with Gasteiger partial charge in [0.2, 0.25) is 5.91 Å². The number of carbonyl (C=O) groups is 2. The van der Waals surface area contributed by atoms with E-state index in [1.54, 1.807) is 24.3 Å². The van der Waals surface area contributed by atoms with Gasteiger partial charge in [-0.25, -0.2) is 0 Å². The van der Waals surface area contributed by atoms with Gasteiger partial charge in [0.25, 0.3) is 5.91 Å². The van der Waals surface area contributed by atoms with Crippen molar-refractivity contribution in [2.24, 2.45) is 10.7 Å². The Bertz CT molecular complexity index is 1620. The first-order valence-electron chi connectivity index (χ1n) is 13.2. The summed E-state index contributed by atoms with van der Waals surface area (Å²) in [6.07, 6.45) is -5.21. The molecule has 0 bridgehead atoms. The Hall–Kier alpha value is -3.85. The van der Waals surface area contributed by atoms with Gasteiger partial charge in [-0.1, -0.05) is 12.1 Å². The second kappa shape index (κ2) is 11.7. The predicted octanol–water partition coefficient (Wildman–Crippen LogP) is 4.97. The Kier molecular flexibility index (Phi) is 8.31. The van der Waals surface area contributed by atoms with E-state index in [1.165, 1.54) is 22.6 Å². The number of nitrogens with two attached hydrogens (primary N) is 1. The molecule has 8 nitrogen and oxygen atoms in total. The van der Waals surface area contributed by atoms with Gasteiger partial charge in [0.15, 0.2) is 5.17 Å². The number of hydrogen-bond acceptors (Lipinski definition) is 6. The molecule has 1 aromatic heterocycles. The molecule has 1 fully saturated rings. The van der Waals surface area contributed by atoms with Gasteiger partial charge in [-0.2, -0.15) is 36.4 Å². The molecule has 15 heteroatoms. The maximum absolute atomic E-state index is 13.6. The van der Waals surface area contributed by atoms with Gasteiger partial charge in [-0.3, -0.25) is 19.2 Å². The third-order valence-electron chi connectivity index (χ3n) is 7.42. The third-order valence-corrected chi connectivity index (χ3v) is 8.50. The minimum atomic E-state index is -4.98. The average molecular weight is 625 g/mol. The molecule has 0 radical (unpaired) electrons. The number of amidine groups is 1. The van der Waals surface area contributed by atoms with Gasteiger partial charge in [0.05, 0.1) is 40.8 Å². The van der Waals surface area contributed by atoms with Crippen LogP contribution in [-0.4, -0.2) is 69.3 Å². The van der Waals surface area contributed by atoms with Crippen LogP contribution in [0.2, 0.25) is 0 Å². The van der Waals surface area contributed by atoms with Crippen LogP contribution >= 0.6 is 11.8 Å². The number of fused-ring (bicyclic) bond motifs is 1. The summed E-state index contributed by atoms with van der Waals surface area (Å²) in [5, 5.41) is 5.30. The topological polar surface area (TPSA) is 96.8 Å². The number of thioether (sulfide) groups is 1. The number of alkyl halides is 6. The van der Waals surface area contributed by atoms with Crippen molar-refractivity contribution in [3.63, 3.8) is 0 Å². The van der Waals surface area contributed by atoms with Crippen LogP contribution < -0.4 is 5.73 Å². The summed E-state index contributed by atoms with van der Waals surface area (Å²) >= 11 is 1.24. The zero-order valence-corrected chi connectivity index (χ0v) is 23.6. The molecule has 2 N–H and O–H groups in total. The summed E-state index contributed by atoms with van der Waals surface area (Å²) in [6, 6.07) is 6.72. The van der Waals surface area contributed by atoms with E-state index in [9.17, 15) is 35.9 Å². The molecular weight excluding hydrogens is 598 g/mol. The number of piperidine rings is 1. The minimum absolute atomic E-state index is 0.113. The molecule has 2 aromatic carbocycles. The SMILES string of the molecule is CN(C1=NC(=O)/C(=C/c2ccc3c(cnn3Cc3ccc(C(F)(F)F)cc3C(F)(F)F)c2)S1)C1CCN(CC(N)=O)CC1. The van der Waals surface area contributed by atoms with Gasteiger partial charge in [-0.05, 0) is 66.1 Å². The molecule has 0 spiro atoms. The second-order valence-electron chi connectivity index (χ2n) is 10.4. The predicted molar refractivity (Wildman–Crippen MR) is 150 cm³/mol. The number of likely N-dealkylation sites (tertiary alicyclic amines) is 1. The zero-order valence-electron chi connectivity index (χ0n) is 22.7. The van der Waals surface area contributed by atoms with Gasteiger partial charge < -0.3 is 10.6 Å². The van der Waals surface area contributed by atoms with Crippen molar-refractivity contribution in [2.45, 2.75) is 37.8 Å². The standard InChI is InChI=1S/C28H26F6N6O2S/c1-38(20-6-8-39(9-7-20)15-24(35)41)26-37-25(42)23(43-26)11-16-2-5-22-18(10-16)13-36-40(22)14-17-3-4-19(27(29,30)31)12-21(17)28(32,33)34/h2-5,10-13,20H,6-9,14-15H2,1H3,(H2,35,41)/b23-11-. The lowest BCUT2D eigenvalue weighted by atomic mass is 10.0. The summed E-state index contributed by atoms with van der Waals surface area (Å²) in [6.45, 7) is 1.23. The number of aromatic nitrogens is 2. The molecule has 2 aliphatic rings. The molecule has 3 aromatic rings. The van der Waals surface area contributed by atoms with E-state index < -0.39 is 35.9 Å². The fraction of sp³-hybridized carbons (Fsp3) is 0.357. The Balaban J connectivity index is 1.29. The number of halogens is 6. The Morgan fingerprint density at radius 1 is 1.09 bits per heavy atom. The van der Waals surface area contributed by atoms with E-state index in [4.69, 9.17) is 5.73 Å². The quantitative estimate of drug-likeness (QED) is 0.307. The van der Waals surface area contributed by atoms with Crippen LogP contribution in [0.4, 0.5) is 26.3 Å². The van der Waals surface area contributed by atoms with E-state index in [-0.39, 0.29) is 30.1 Å². The largest absolute Gasteiger partial charge is 0.416 e. The van der Waals surface area contributed by atoms with Crippen LogP contribution in [0.15, 0.2) is 52.5 Å². The van der Waals surface area contributed by atoms with Gasteiger partial charge in [0, 0.05) is 31.6 Å². The number of benzene rings is 2. The highest BCUT2D eigenvalue weighted by atomic mass is 32.2. The molecule has 2 amide bonds. The first-order chi connectivity index (χ1) is 20.2. The highest BCUT2D eigenvalue weighted by Crippen LogP contribution is 2.38. The van der Waals surface area contributed by atoms with Crippen LogP contribution in [0.5, 0.6) is 0 Å². The molecular formula is C28H26F6N6O2S. The Labute approximate surface area is 246 Å². The third kappa shape index (κ3) is 6.88. The summed E-state index contributed by atoms with van der Waals surface area (Å²) in [4.78, 5) is 32.4. The van der Waals surface area contributed by atoms with Crippen LogP contribution in [-0.2, 0) is 28.5 Å². The number of aliphatic imine (C=N–C) groups is 1. The molecule has 0 aliphatic carbocycles. The van der Waals surface area contributed by atoms with Crippen molar-refractivity contribution >= 4 is 45.7 Å². The summed E-state index contributed by atoms with van der Waals surface area (Å²) < 4.78 is 81.2. The smallest absolute Gasteiger partial charge is 0.369 e. The molecule has 5 rings (SSSR count). The molecule has 0 atom stereocenters. The number of carbonyl (C=O) groups excluding carboxylic acids is 2. The van der Waals surface area contributed by atoms with E-state index in [2.05, 4.69) is 10.1 Å². The van der Waals surface area contributed by atoms with Crippen molar-refractivity contribution < 1.29 is 35.9 Å². The highest BCUT2D eigenvalue weighted by molar-refractivity contribution is 8.18. The van der Waals surface area contributed by atoms with Gasteiger partial charge in [-0.15, -0.1) is 0 Å². The Morgan fingerprint density at radius 2 is 1.81 bits per heavy atom. The maximum atomic E-state index is 13.6. The number of primary amides is 1. The summed E-state index contributed by atoms with van der Waals surface area (Å²) in [5.74, 6) is -0.765. The normalized spacial score (nSPS) is 18.1. The second-order valence-corrected chi connectivity index (χ2v) is 11.4. The average Bonchev–Trinajstić information content (AvgIpc) is 3.50. The molecule has 43 heavy (non-hydrogen) atoms. The first kappa shape index (κ1) is 30.6. The zero-order chi connectivity index (χ0) is 31.1. The van der Waals surface area contributed by atoms with E-state index in [1.807, 2.05) is 16.8 Å². The Morgan fingerprint density at radius 3 is 2.47 bits per heavy atom. The van der Waals surface area contributed by atoms with Gasteiger partial charge in [0.1, 0.15) is 0 Å². The summed E-state index contributed by atoms with van der Waals surface area (Å²) in [5.41, 5.74) is 3.29. The van der Waals surface area contributed by atoms with Crippen LogP contribution in [0, 0.1) is 0 Å². The monoisotopic (exact) mass is 624 g/mol. The molecule has 0 saturated carbocycles. The number of hydrogen-bond donors (Lipinski definition) is 1. The fourth-order valence-corrected chi connectivity index (χ4v) is 6.13. The van der Waals surface area contributed by atoms with Crippen LogP contribution in [0.25, 0.3) is 17.0 Å². The highest BCUT2D eigenvalue weighted by Gasteiger charge is 2.38. The van der Waals surface area contributed by atoms with Crippen molar-refractivity contribution in [3.05, 3.63) is 69.8 Å². The van der Waals surface area contributed by atoms with Crippen LogP contribution in [0.3, 0.4) is 0 Å². The lowest BCUT2D eigenvalue weighted by Gasteiger charge is -2.36. The molecule has 228 valence electrons. The lowest BCUT2D eigenvalue weighted by Crippen LogP contribution is -2.46. The number of rotatable bonds is 6. The van der Waals surface area contributed by atoms with Crippen molar-refractivity contribution in [1.82, 2.24) is 19.6 Å². The van der Waals surface area contributed by atoms with Crippen molar-refractivity contribution in [3.8, 4) is 0 Å². The molecule has 1 saturated heterocycles. The maximum Gasteiger partial charge on any atom is 0.416 e.